The van der Waals surface area contributed by atoms with E-state index in [4.69, 9.17) is 9.84 Å². The third-order valence-electron chi connectivity index (χ3n) is 7.96. The third kappa shape index (κ3) is 7.73. The summed E-state index contributed by atoms with van der Waals surface area (Å²) in [5.41, 5.74) is 3.38. The van der Waals surface area contributed by atoms with Crippen LogP contribution in [0.15, 0.2) is 114 Å². The van der Waals surface area contributed by atoms with E-state index in [1.54, 1.807) is 12.1 Å². The number of carboxylic acids is 1. The van der Waals surface area contributed by atoms with Gasteiger partial charge in [-0.25, -0.2) is 13.1 Å². The van der Waals surface area contributed by atoms with Crippen molar-refractivity contribution in [1.82, 2.24) is 4.72 Å². The predicted molar refractivity (Wildman–Crippen MR) is 166 cm³/mol. The van der Waals surface area contributed by atoms with E-state index in [0.29, 0.717) is 32.3 Å². The molecule has 7 heteroatoms. The van der Waals surface area contributed by atoms with Gasteiger partial charge >= 0.3 is 5.97 Å². The lowest BCUT2D eigenvalue weighted by atomic mass is 9.97. The van der Waals surface area contributed by atoms with Crippen molar-refractivity contribution in [2.24, 2.45) is 5.92 Å². The second kappa shape index (κ2) is 13.9. The van der Waals surface area contributed by atoms with Gasteiger partial charge in [0.25, 0.3) is 0 Å². The first-order chi connectivity index (χ1) is 20.4. The molecule has 1 aliphatic carbocycles. The zero-order valence-electron chi connectivity index (χ0n) is 23.6. The average molecular weight is 584 g/mol. The summed E-state index contributed by atoms with van der Waals surface area (Å²) in [7, 11) is -3.73. The summed E-state index contributed by atoms with van der Waals surface area (Å²) in [6, 6.07) is 31.2. The normalized spacial score (nSPS) is 19.0. The number of carbonyl (C=O) groups is 1. The molecule has 0 bridgehead atoms. The number of aliphatic carboxylic acids is 1. The van der Waals surface area contributed by atoms with Gasteiger partial charge in [-0.3, -0.25) is 4.79 Å². The van der Waals surface area contributed by atoms with E-state index in [2.05, 4.69) is 41.1 Å². The van der Waals surface area contributed by atoms with Gasteiger partial charge in [0.05, 0.1) is 17.6 Å². The molecule has 6 nitrogen and oxygen atoms in total. The molecular weight excluding hydrogens is 546 g/mol. The minimum absolute atomic E-state index is 0.0421. The zero-order chi connectivity index (χ0) is 29.4. The highest BCUT2D eigenvalue weighted by molar-refractivity contribution is 7.89. The van der Waals surface area contributed by atoms with E-state index in [1.165, 1.54) is 0 Å². The molecule has 0 radical (unpaired) electrons. The smallest absolute Gasteiger partial charge is 0.303 e. The molecule has 1 saturated carbocycles. The van der Waals surface area contributed by atoms with Crippen LogP contribution >= 0.6 is 0 Å². The molecule has 2 N–H and O–H groups in total. The van der Waals surface area contributed by atoms with Crippen molar-refractivity contribution < 1.29 is 23.1 Å². The van der Waals surface area contributed by atoms with E-state index < -0.39 is 16.0 Å². The predicted octanol–water partition coefficient (Wildman–Crippen LogP) is 7.35. The Balaban J connectivity index is 1.27. The maximum atomic E-state index is 13.5. The van der Waals surface area contributed by atoms with Gasteiger partial charge in [0.1, 0.15) is 0 Å². The van der Waals surface area contributed by atoms with Crippen LogP contribution in [0.2, 0.25) is 0 Å². The Bertz CT molecular complexity index is 1620. The highest BCUT2D eigenvalue weighted by atomic mass is 32.2. The van der Waals surface area contributed by atoms with Crippen LogP contribution < -0.4 is 4.72 Å². The number of allylic oxidation sites excluding steroid dienone is 2. The molecule has 0 heterocycles. The summed E-state index contributed by atoms with van der Waals surface area (Å²) < 4.78 is 36.3. The first-order valence-electron chi connectivity index (χ1n) is 14.5. The van der Waals surface area contributed by atoms with Crippen molar-refractivity contribution in [3.63, 3.8) is 0 Å². The second-order valence-corrected chi connectivity index (χ2v) is 12.6. The van der Waals surface area contributed by atoms with Crippen molar-refractivity contribution in [1.29, 1.82) is 0 Å². The topological polar surface area (TPSA) is 92.7 Å². The summed E-state index contributed by atoms with van der Waals surface area (Å²) in [5.74, 6) is -0.841. The van der Waals surface area contributed by atoms with Crippen LogP contribution in [0, 0.1) is 5.92 Å². The molecular formula is C35H37NO5S. The van der Waals surface area contributed by atoms with Gasteiger partial charge in [-0.1, -0.05) is 97.1 Å². The van der Waals surface area contributed by atoms with E-state index in [1.807, 2.05) is 60.7 Å². The SMILES string of the molecule is O=C(O)CCC/C=C\C[C@@H]1[C@@H](NS(=O)(=O)c2ccc3ccccc3c2)CC[C@@H]1OCc1ccc(-c2ccccc2)cc1. The lowest BCUT2D eigenvalue weighted by Gasteiger charge is -2.25. The van der Waals surface area contributed by atoms with Crippen LogP contribution in [0.4, 0.5) is 0 Å². The van der Waals surface area contributed by atoms with Crippen LogP contribution in [-0.4, -0.2) is 31.6 Å². The minimum Gasteiger partial charge on any atom is -0.481 e. The molecule has 1 fully saturated rings. The van der Waals surface area contributed by atoms with Gasteiger partial charge in [0.2, 0.25) is 10.0 Å². The zero-order valence-corrected chi connectivity index (χ0v) is 24.4. The second-order valence-electron chi connectivity index (χ2n) is 10.9. The van der Waals surface area contributed by atoms with Crippen molar-refractivity contribution in [3.8, 4) is 11.1 Å². The molecule has 0 aromatic heterocycles. The third-order valence-corrected chi connectivity index (χ3v) is 9.44. The Morgan fingerprint density at radius 1 is 0.857 bits per heavy atom. The fraction of sp³-hybridized carbons (Fsp3) is 0.286. The number of ether oxygens (including phenoxy) is 1. The van der Waals surface area contributed by atoms with Crippen molar-refractivity contribution in [2.75, 3.05) is 0 Å². The highest BCUT2D eigenvalue weighted by Gasteiger charge is 2.38. The van der Waals surface area contributed by atoms with Crippen molar-refractivity contribution in [2.45, 2.75) is 62.2 Å². The Morgan fingerprint density at radius 2 is 1.57 bits per heavy atom. The number of nitrogens with one attached hydrogen (secondary N) is 1. The maximum absolute atomic E-state index is 13.5. The summed E-state index contributed by atoms with van der Waals surface area (Å²) >= 11 is 0. The molecule has 0 amide bonds. The number of hydrogen-bond donors (Lipinski definition) is 2. The van der Waals surface area contributed by atoms with Crippen molar-refractivity contribution in [3.05, 3.63) is 115 Å². The Labute approximate surface area is 248 Å². The largest absolute Gasteiger partial charge is 0.481 e. The fourth-order valence-electron chi connectivity index (χ4n) is 5.67. The first kappa shape index (κ1) is 29.7. The molecule has 0 spiro atoms. The molecule has 0 saturated heterocycles. The highest BCUT2D eigenvalue weighted by Crippen LogP contribution is 2.34. The molecule has 218 valence electrons. The fourth-order valence-corrected chi connectivity index (χ4v) is 7.03. The Morgan fingerprint density at radius 3 is 2.33 bits per heavy atom. The van der Waals surface area contributed by atoms with Gasteiger partial charge in [0.15, 0.2) is 0 Å². The molecule has 5 rings (SSSR count). The monoisotopic (exact) mass is 583 g/mol. The summed E-state index contributed by atoms with van der Waals surface area (Å²) in [5, 5.41) is 10.8. The molecule has 0 aliphatic heterocycles. The number of sulfonamides is 1. The Kier molecular flexibility index (Phi) is 9.85. The van der Waals surface area contributed by atoms with E-state index in [9.17, 15) is 13.2 Å². The van der Waals surface area contributed by atoms with Crippen LogP contribution in [0.1, 0.15) is 44.1 Å². The van der Waals surface area contributed by atoms with E-state index in [0.717, 1.165) is 33.9 Å². The maximum Gasteiger partial charge on any atom is 0.303 e. The number of benzene rings is 4. The van der Waals surface area contributed by atoms with Crippen LogP contribution in [-0.2, 0) is 26.2 Å². The molecule has 4 aromatic rings. The molecule has 3 atom stereocenters. The summed E-state index contributed by atoms with van der Waals surface area (Å²) in [4.78, 5) is 11.1. The summed E-state index contributed by atoms with van der Waals surface area (Å²) in [6.07, 6.45) is 7.40. The number of rotatable bonds is 13. The van der Waals surface area contributed by atoms with Gasteiger partial charge in [-0.15, -0.1) is 0 Å². The molecule has 42 heavy (non-hydrogen) atoms. The lowest BCUT2D eigenvalue weighted by molar-refractivity contribution is -0.137. The number of hydrogen-bond acceptors (Lipinski definition) is 4. The number of carboxylic acid groups (broad SMARTS) is 1. The van der Waals surface area contributed by atoms with Gasteiger partial charge in [-0.05, 0) is 71.7 Å². The summed E-state index contributed by atoms with van der Waals surface area (Å²) in [6.45, 7) is 0.447. The lowest BCUT2D eigenvalue weighted by Crippen LogP contribution is -2.39. The van der Waals surface area contributed by atoms with E-state index in [-0.39, 0.29) is 29.4 Å². The van der Waals surface area contributed by atoms with Gasteiger partial charge in [-0.2, -0.15) is 0 Å². The molecule has 1 aliphatic rings. The van der Waals surface area contributed by atoms with Crippen LogP contribution in [0.25, 0.3) is 21.9 Å². The minimum atomic E-state index is -3.73. The molecule has 0 unspecified atom stereocenters. The number of unbranched alkanes of at least 4 members (excludes halogenated alkanes) is 1. The quantitative estimate of drug-likeness (QED) is 0.127. The molecule has 4 aromatic carbocycles. The Hall–Kier alpha value is -3.78. The van der Waals surface area contributed by atoms with Crippen molar-refractivity contribution >= 4 is 26.8 Å². The number of fused-ring (bicyclic) bond motifs is 1. The van der Waals surface area contributed by atoms with Crippen LogP contribution in [0.5, 0.6) is 0 Å². The van der Waals surface area contributed by atoms with E-state index >= 15 is 0 Å². The van der Waals surface area contributed by atoms with Gasteiger partial charge < -0.3 is 9.84 Å². The van der Waals surface area contributed by atoms with Crippen LogP contribution in [0.3, 0.4) is 0 Å². The standard InChI is InChI=1S/C35H37NO5S/c37-35(38)15-7-2-1-6-14-32-33(36-42(39,40)31-21-20-28-12-8-9-13-30(28)24-31)22-23-34(32)41-25-26-16-18-29(19-17-26)27-10-4-3-5-11-27/h1,3-6,8-13,16-21,24,32-34,36H,2,7,14-15,22-23,25H2,(H,37,38)/b6-1-/t32-,33+,34+/m1/s1. The average Bonchev–Trinajstić information content (AvgIpc) is 3.38. The first-order valence-corrected chi connectivity index (χ1v) is 16.0. The van der Waals surface area contributed by atoms with Gasteiger partial charge in [0, 0.05) is 18.4 Å².